The molecule has 4 heteroatoms. The zero-order valence-electron chi connectivity index (χ0n) is 12.8. The predicted octanol–water partition coefficient (Wildman–Crippen LogP) is 1.93. The first kappa shape index (κ1) is 14.1. The minimum atomic E-state index is 0.117. The summed E-state index contributed by atoms with van der Waals surface area (Å²) in [4.78, 5) is 14.5. The molecule has 1 aliphatic rings. The molecule has 1 N–H and O–H groups in total. The van der Waals surface area contributed by atoms with Gasteiger partial charge in [-0.3, -0.25) is 4.79 Å². The lowest BCUT2D eigenvalue weighted by Gasteiger charge is -2.19. The number of rotatable bonds is 4. The van der Waals surface area contributed by atoms with E-state index in [4.69, 9.17) is 0 Å². The number of aryl methyl sites for hydroxylation is 1. The van der Waals surface area contributed by atoms with Crippen LogP contribution in [0.4, 0.5) is 0 Å². The van der Waals surface area contributed by atoms with Crippen LogP contribution in [0.1, 0.15) is 18.4 Å². The molecule has 3 rings (SSSR count). The van der Waals surface area contributed by atoms with E-state index in [-0.39, 0.29) is 5.91 Å². The lowest BCUT2D eigenvalue weighted by atomic mass is 10.1. The minimum Gasteiger partial charge on any atom is -0.354 e. The second-order valence-corrected chi connectivity index (χ2v) is 6.04. The molecule has 1 fully saturated rings. The van der Waals surface area contributed by atoms with Gasteiger partial charge in [0.05, 0.1) is 6.42 Å². The van der Waals surface area contributed by atoms with Crippen molar-refractivity contribution in [3.8, 4) is 0 Å². The Morgan fingerprint density at radius 1 is 1.33 bits per heavy atom. The summed E-state index contributed by atoms with van der Waals surface area (Å²) in [5.74, 6) is 0.117. The van der Waals surface area contributed by atoms with E-state index in [2.05, 4.69) is 40.2 Å². The lowest BCUT2D eigenvalue weighted by molar-refractivity contribution is -0.120. The van der Waals surface area contributed by atoms with Crippen LogP contribution < -0.4 is 5.32 Å². The van der Waals surface area contributed by atoms with Gasteiger partial charge >= 0.3 is 0 Å². The molecular weight excluding hydrogens is 262 g/mol. The first-order chi connectivity index (χ1) is 10.1. The van der Waals surface area contributed by atoms with Gasteiger partial charge in [0.15, 0.2) is 0 Å². The highest BCUT2D eigenvalue weighted by Gasteiger charge is 2.21. The minimum absolute atomic E-state index is 0.117. The number of hydrogen-bond donors (Lipinski definition) is 1. The third kappa shape index (κ3) is 2.95. The molecule has 2 heterocycles. The quantitative estimate of drug-likeness (QED) is 0.932. The van der Waals surface area contributed by atoms with Crippen LogP contribution in [0.2, 0.25) is 0 Å². The maximum Gasteiger partial charge on any atom is 0.224 e. The summed E-state index contributed by atoms with van der Waals surface area (Å²) in [6, 6.07) is 8.73. The van der Waals surface area contributed by atoms with Gasteiger partial charge in [-0.2, -0.15) is 0 Å². The third-order valence-electron chi connectivity index (χ3n) is 4.54. The molecule has 4 nitrogen and oxygen atoms in total. The Kier molecular flexibility index (Phi) is 3.97. The number of benzene rings is 1. The maximum atomic E-state index is 12.2. The number of nitrogens with one attached hydrogen (secondary N) is 1. The number of amides is 1. The van der Waals surface area contributed by atoms with Crippen molar-refractivity contribution < 1.29 is 4.79 Å². The number of carbonyl (C=O) groups is 1. The lowest BCUT2D eigenvalue weighted by Crippen LogP contribution is -2.38. The van der Waals surface area contributed by atoms with Crippen LogP contribution in [0.3, 0.4) is 0 Å². The van der Waals surface area contributed by atoms with E-state index in [1.165, 1.54) is 23.7 Å². The van der Waals surface area contributed by atoms with Crippen LogP contribution in [0, 0.1) is 0 Å². The Bertz CT molecular complexity index is 647. The van der Waals surface area contributed by atoms with Crippen molar-refractivity contribution in [2.24, 2.45) is 7.05 Å². The largest absolute Gasteiger partial charge is 0.354 e. The van der Waals surface area contributed by atoms with E-state index in [9.17, 15) is 4.79 Å². The highest BCUT2D eigenvalue weighted by atomic mass is 16.1. The topological polar surface area (TPSA) is 37.3 Å². The SMILES string of the molecule is CN1CCCC1CNC(=O)Cc1cn(C)c2ccccc12. The molecule has 1 aromatic carbocycles. The van der Waals surface area contributed by atoms with Gasteiger partial charge in [-0.1, -0.05) is 18.2 Å². The zero-order chi connectivity index (χ0) is 14.8. The molecule has 1 atom stereocenters. The van der Waals surface area contributed by atoms with E-state index in [0.717, 1.165) is 18.7 Å². The van der Waals surface area contributed by atoms with Gasteiger partial charge in [0.2, 0.25) is 5.91 Å². The normalized spacial score (nSPS) is 19.2. The van der Waals surface area contributed by atoms with E-state index < -0.39 is 0 Å². The van der Waals surface area contributed by atoms with E-state index in [1.54, 1.807) is 0 Å². The summed E-state index contributed by atoms with van der Waals surface area (Å²) in [7, 11) is 4.16. The number of aromatic nitrogens is 1. The van der Waals surface area contributed by atoms with Crippen LogP contribution >= 0.6 is 0 Å². The van der Waals surface area contributed by atoms with Crippen LogP contribution in [-0.2, 0) is 18.3 Å². The maximum absolute atomic E-state index is 12.2. The first-order valence-corrected chi connectivity index (χ1v) is 7.65. The van der Waals surface area contributed by atoms with Gasteiger partial charge in [0.1, 0.15) is 0 Å². The molecule has 1 aliphatic heterocycles. The smallest absolute Gasteiger partial charge is 0.224 e. The van der Waals surface area contributed by atoms with Crippen molar-refractivity contribution in [3.63, 3.8) is 0 Å². The number of carbonyl (C=O) groups excluding carboxylic acids is 1. The second-order valence-electron chi connectivity index (χ2n) is 6.04. The fourth-order valence-corrected chi connectivity index (χ4v) is 3.27. The van der Waals surface area contributed by atoms with Crippen molar-refractivity contribution in [1.29, 1.82) is 0 Å². The summed E-state index contributed by atoms with van der Waals surface area (Å²) in [5, 5.41) is 4.26. The molecule has 1 saturated heterocycles. The van der Waals surface area contributed by atoms with Crippen molar-refractivity contribution in [1.82, 2.24) is 14.8 Å². The van der Waals surface area contributed by atoms with E-state index in [0.29, 0.717) is 12.5 Å². The van der Waals surface area contributed by atoms with Crippen molar-refractivity contribution in [2.75, 3.05) is 20.1 Å². The highest BCUT2D eigenvalue weighted by Crippen LogP contribution is 2.20. The predicted molar refractivity (Wildman–Crippen MR) is 85.3 cm³/mol. The Morgan fingerprint density at radius 2 is 2.14 bits per heavy atom. The molecule has 1 unspecified atom stereocenters. The molecule has 21 heavy (non-hydrogen) atoms. The number of para-hydroxylation sites is 1. The van der Waals surface area contributed by atoms with Gasteiger partial charge in [-0.05, 0) is 38.1 Å². The van der Waals surface area contributed by atoms with E-state index in [1.807, 2.05) is 19.2 Å². The van der Waals surface area contributed by atoms with Crippen LogP contribution in [-0.4, -0.2) is 41.6 Å². The molecule has 0 aliphatic carbocycles. The summed E-state index contributed by atoms with van der Waals surface area (Å²) in [6.07, 6.45) is 4.94. The fourth-order valence-electron chi connectivity index (χ4n) is 3.27. The standard InChI is InChI=1S/C17H23N3O/c1-19-9-5-6-14(19)11-18-17(21)10-13-12-20(2)16-8-4-3-7-15(13)16/h3-4,7-8,12,14H,5-6,9-11H2,1-2H3,(H,18,21). The third-order valence-corrected chi connectivity index (χ3v) is 4.54. The van der Waals surface area contributed by atoms with Crippen LogP contribution in [0.5, 0.6) is 0 Å². The van der Waals surface area contributed by atoms with Gasteiger partial charge < -0.3 is 14.8 Å². The number of nitrogens with zero attached hydrogens (tertiary/aromatic N) is 2. The number of likely N-dealkylation sites (tertiary alicyclic amines) is 1. The molecular formula is C17H23N3O. The Balaban J connectivity index is 1.64. The molecule has 0 spiro atoms. The fraction of sp³-hybridized carbons (Fsp3) is 0.471. The summed E-state index contributed by atoms with van der Waals surface area (Å²) in [6.45, 7) is 1.91. The average Bonchev–Trinajstić information content (AvgIpc) is 3.02. The van der Waals surface area contributed by atoms with Gasteiger partial charge in [-0.15, -0.1) is 0 Å². The highest BCUT2D eigenvalue weighted by molar-refractivity contribution is 5.89. The molecule has 0 bridgehead atoms. The van der Waals surface area contributed by atoms with Crippen LogP contribution in [0.25, 0.3) is 10.9 Å². The monoisotopic (exact) mass is 285 g/mol. The summed E-state index contributed by atoms with van der Waals surface area (Å²) in [5.41, 5.74) is 2.28. The molecule has 0 saturated carbocycles. The number of likely N-dealkylation sites (N-methyl/N-ethyl adjacent to an activating group) is 1. The number of hydrogen-bond acceptors (Lipinski definition) is 2. The average molecular weight is 285 g/mol. The molecule has 112 valence electrons. The molecule has 1 aromatic heterocycles. The first-order valence-electron chi connectivity index (χ1n) is 7.65. The van der Waals surface area contributed by atoms with E-state index >= 15 is 0 Å². The Labute approximate surface area is 125 Å². The van der Waals surface area contributed by atoms with Crippen LogP contribution in [0.15, 0.2) is 30.5 Å². The molecule has 1 amide bonds. The van der Waals surface area contributed by atoms with Gasteiger partial charge in [-0.25, -0.2) is 0 Å². The van der Waals surface area contributed by atoms with Crippen molar-refractivity contribution >= 4 is 16.8 Å². The van der Waals surface area contributed by atoms with Crippen molar-refractivity contribution in [3.05, 3.63) is 36.0 Å². The Morgan fingerprint density at radius 3 is 2.90 bits per heavy atom. The van der Waals surface area contributed by atoms with Gasteiger partial charge in [0.25, 0.3) is 0 Å². The van der Waals surface area contributed by atoms with Crippen molar-refractivity contribution in [2.45, 2.75) is 25.3 Å². The Hall–Kier alpha value is -1.81. The number of fused-ring (bicyclic) bond motifs is 1. The molecule has 2 aromatic rings. The molecule has 0 radical (unpaired) electrons. The second kappa shape index (κ2) is 5.90. The van der Waals surface area contributed by atoms with Gasteiger partial charge in [0, 0.05) is 36.7 Å². The summed E-state index contributed by atoms with van der Waals surface area (Å²) < 4.78 is 2.09. The zero-order valence-corrected chi connectivity index (χ0v) is 12.8. The summed E-state index contributed by atoms with van der Waals surface area (Å²) >= 11 is 0.